The van der Waals surface area contributed by atoms with E-state index < -0.39 is 124 Å². The molecule has 1 aliphatic heterocycles. The van der Waals surface area contributed by atoms with Crippen LogP contribution in [-0.2, 0) is 57.1 Å². The van der Waals surface area contributed by atoms with Crippen molar-refractivity contribution in [1.29, 1.82) is 0 Å². The molecular formula is C48H65NO16S2. The van der Waals surface area contributed by atoms with Crippen LogP contribution in [0.5, 0.6) is 0 Å². The van der Waals surface area contributed by atoms with Crippen molar-refractivity contribution < 1.29 is 76.9 Å². The molecule has 0 aromatic heterocycles. The van der Waals surface area contributed by atoms with Crippen molar-refractivity contribution in [2.75, 3.05) is 18.6 Å². The number of Topliss-reactive ketones (excluding diaryl/α,β-unsaturated/α-hetero) is 1. The van der Waals surface area contributed by atoms with E-state index in [4.69, 9.17) is 33.2 Å². The minimum absolute atomic E-state index is 0.0117. The maximum atomic E-state index is 15.7. The second kappa shape index (κ2) is 20.7. The normalized spacial score (nSPS) is 30.5. The lowest BCUT2D eigenvalue weighted by atomic mass is 9.44. The van der Waals surface area contributed by atoms with Crippen molar-refractivity contribution in [3.63, 3.8) is 0 Å². The zero-order valence-corrected chi connectivity index (χ0v) is 41.9. The minimum Gasteiger partial charge on any atom is -0.455 e. The summed E-state index contributed by atoms with van der Waals surface area (Å²) in [5.74, 6) is -6.64. The van der Waals surface area contributed by atoms with Crippen LogP contribution in [0.25, 0.3) is 0 Å². The number of hydrogen-bond donors (Lipinski definition) is 3. The summed E-state index contributed by atoms with van der Waals surface area (Å²) in [7, 11) is 2.81. The minimum atomic E-state index is -2.43. The summed E-state index contributed by atoms with van der Waals surface area (Å²) in [5, 5.41) is 28.7. The second-order valence-corrected chi connectivity index (χ2v) is 22.2. The van der Waals surface area contributed by atoms with E-state index >= 15 is 4.79 Å². The fraction of sp³-hybridized carbons (Fsp3) is 0.646. The highest BCUT2D eigenvalue weighted by Gasteiger charge is 2.78. The van der Waals surface area contributed by atoms with E-state index in [-0.39, 0.29) is 42.6 Å². The Labute approximate surface area is 399 Å². The van der Waals surface area contributed by atoms with Crippen LogP contribution in [0.15, 0.2) is 53.1 Å². The molecule has 4 aliphatic rings. The highest BCUT2D eigenvalue weighted by molar-refractivity contribution is 8.76. The third kappa shape index (κ3) is 10.7. The third-order valence-corrected chi connectivity index (χ3v) is 15.0. The molecule has 1 aromatic rings. The number of amides is 1. The summed E-state index contributed by atoms with van der Waals surface area (Å²) >= 11 is 0. The van der Waals surface area contributed by atoms with Crippen molar-refractivity contribution in [3.05, 3.63) is 58.7 Å². The van der Waals surface area contributed by atoms with Gasteiger partial charge in [-0.15, -0.1) is 0 Å². The smallest absolute Gasteiger partial charge is 0.408 e. The van der Waals surface area contributed by atoms with Crippen LogP contribution < -0.4 is 5.32 Å². The summed E-state index contributed by atoms with van der Waals surface area (Å²) in [6.07, 6.45) is -8.42. The Bertz CT molecular complexity index is 2150. The van der Waals surface area contributed by atoms with Crippen LogP contribution in [-0.4, -0.2) is 130 Å². The molecule has 11 atom stereocenters. The number of rotatable bonds is 15. The maximum Gasteiger partial charge on any atom is 0.408 e. The van der Waals surface area contributed by atoms with E-state index in [1.165, 1.54) is 60.6 Å². The Morgan fingerprint density at radius 2 is 1.66 bits per heavy atom. The van der Waals surface area contributed by atoms with Gasteiger partial charge in [0.15, 0.2) is 17.5 Å². The second-order valence-electron chi connectivity index (χ2n) is 19.5. The molecule has 5 rings (SSSR count). The first kappa shape index (κ1) is 53.5. The first-order chi connectivity index (χ1) is 31.2. The number of ketones is 1. The van der Waals surface area contributed by atoms with Crippen molar-refractivity contribution in [3.8, 4) is 0 Å². The summed E-state index contributed by atoms with van der Waals surface area (Å²) in [6, 6.07) is 6.48. The van der Waals surface area contributed by atoms with Crippen LogP contribution in [0.2, 0.25) is 0 Å². The number of ether oxygens (including phenoxy) is 7. The van der Waals surface area contributed by atoms with Gasteiger partial charge in [0.1, 0.15) is 29.5 Å². The molecule has 0 unspecified atom stereocenters. The number of carbonyl (C=O) groups is 7. The van der Waals surface area contributed by atoms with Gasteiger partial charge in [0, 0.05) is 37.4 Å². The molecule has 3 N–H and O–H groups in total. The van der Waals surface area contributed by atoms with Gasteiger partial charge in [-0.25, -0.2) is 14.4 Å². The molecule has 0 radical (unpaired) electrons. The largest absolute Gasteiger partial charge is 0.455 e. The molecule has 0 spiro atoms. The average Bonchev–Trinajstić information content (AvgIpc) is 3.22. The zero-order valence-electron chi connectivity index (χ0n) is 40.3. The van der Waals surface area contributed by atoms with Gasteiger partial charge in [-0.1, -0.05) is 72.2 Å². The predicted octanol–water partition coefficient (Wildman–Crippen LogP) is 5.77. The molecule has 1 saturated heterocycles. The number of benzene rings is 1. The average molecular weight is 976 g/mol. The number of fused-ring (bicyclic) bond motifs is 5. The molecule has 3 fully saturated rings. The number of alkyl carbamates (subject to hydrolysis) is 1. The fourth-order valence-electron chi connectivity index (χ4n) is 9.96. The SMILES string of the molecule is CCC(=O)O[C@H]1C(=O)[C@@]2(C)[C@H]([C@H](OC(=O)c3ccccc3)[C@]3(O)C[C@H](OC(=O)[C@H](OC(=O)CCSSC)[C@H](C=C(C)C)NC(=O)OC(C)(C)C)C(C)=C1C3(C)C)[C@]1(OC(C)=O)CO[C@@H]1C[C@@H]2O. The van der Waals surface area contributed by atoms with Gasteiger partial charge in [0.05, 0.1) is 42.1 Å². The molecule has 370 valence electrons. The molecule has 17 nitrogen and oxygen atoms in total. The van der Waals surface area contributed by atoms with Gasteiger partial charge in [0.2, 0.25) is 6.10 Å². The van der Waals surface area contributed by atoms with E-state index in [0.717, 1.165) is 6.92 Å². The van der Waals surface area contributed by atoms with Crippen molar-refractivity contribution in [2.24, 2.45) is 16.7 Å². The van der Waals surface area contributed by atoms with Gasteiger partial charge in [0.25, 0.3) is 0 Å². The van der Waals surface area contributed by atoms with E-state index in [1.54, 1.807) is 66.7 Å². The number of aliphatic hydroxyl groups excluding tert-OH is 1. The maximum absolute atomic E-state index is 15.7. The molecule has 2 bridgehead atoms. The van der Waals surface area contributed by atoms with Crippen LogP contribution in [0.4, 0.5) is 4.79 Å². The quantitative estimate of drug-likeness (QED) is 0.0622. The van der Waals surface area contributed by atoms with E-state index in [2.05, 4.69) is 5.32 Å². The summed E-state index contributed by atoms with van der Waals surface area (Å²) in [6.45, 7) is 16.7. The van der Waals surface area contributed by atoms with Crippen LogP contribution in [0.3, 0.4) is 0 Å². The molecule has 1 heterocycles. The Morgan fingerprint density at radius 1 is 1.00 bits per heavy atom. The Hall–Kier alpha value is -4.43. The van der Waals surface area contributed by atoms with Gasteiger partial charge < -0.3 is 48.7 Å². The number of carbonyl (C=O) groups excluding carboxylic acids is 7. The van der Waals surface area contributed by atoms with Crippen LogP contribution in [0, 0.1) is 16.7 Å². The topological polar surface area (TPSA) is 237 Å². The number of esters is 5. The number of allylic oxidation sites excluding steroid dienone is 1. The molecule has 2 saturated carbocycles. The molecular weight excluding hydrogens is 911 g/mol. The van der Waals surface area contributed by atoms with Gasteiger partial charge >= 0.3 is 35.9 Å². The first-order valence-corrected chi connectivity index (χ1v) is 25.0. The lowest BCUT2D eigenvalue weighted by molar-refractivity contribution is -0.346. The Balaban J connectivity index is 1.77. The Morgan fingerprint density at radius 3 is 2.21 bits per heavy atom. The lowest BCUT2D eigenvalue weighted by Gasteiger charge is -2.67. The van der Waals surface area contributed by atoms with Crippen LogP contribution in [0.1, 0.15) is 112 Å². The lowest BCUT2D eigenvalue weighted by Crippen LogP contribution is -2.82. The Kier molecular flexibility index (Phi) is 16.5. The third-order valence-electron chi connectivity index (χ3n) is 13.2. The molecule has 19 heteroatoms. The highest BCUT2D eigenvalue weighted by atomic mass is 33.1. The summed E-state index contributed by atoms with van der Waals surface area (Å²) in [5.41, 5.74) is -8.14. The van der Waals surface area contributed by atoms with Crippen molar-refractivity contribution in [1.82, 2.24) is 5.32 Å². The zero-order chi connectivity index (χ0) is 50.0. The fourth-order valence-corrected chi connectivity index (χ4v) is 11.1. The first-order valence-electron chi connectivity index (χ1n) is 22.3. The van der Waals surface area contributed by atoms with Gasteiger partial charge in [-0.2, -0.15) is 0 Å². The monoisotopic (exact) mass is 975 g/mol. The molecule has 3 aliphatic carbocycles. The molecule has 1 aromatic carbocycles. The van der Waals surface area contributed by atoms with Gasteiger partial charge in [-0.05, 0) is 78.0 Å². The molecule has 67 heavy (non-hydrogen) atoms. The molecule has 1 amide bonds. The number of nitrogens with one attached hydrogen (secondary N) is 1. The van der Waals surface area contributed by atoms with E-state index in [0.29, 0.717) is 11.3 Å². The summed E-state index contributed by atoms with van der Waals surface area (Å²) < 4.78 is 42.1. The van der Waals surface area contributed by atoms with E-state index in [9.17, 15) is 39.0 Å². The number of aliphatic hydroxyl groups is 2. The van der Waals surface area contributed by atoms with Crippen molar-refractivity contribution in [2.45, 2.75) is 161 Å². The number of hydrogen-bond acceptors (Lipinski definition) is 18. The van der Waals surface area contributed by atoms with Crippen molar-refractivity contribution >= 4 is 63.3 Å². The summed E-state index contributed by atoms with van der Waals surface area (Å²) in [4.78, 5) is 98.3. The predicted molar refractivity (Wildman–Crippen MR) is 246 cm³/mol. The highest BCUT2D eigenvalue weighted by Crippen LogP contribution is 2.64. The van der Waals surface area contributed by atoms with Gasteiger partial charge in [-0.3, -0.25) is 19.2 Å². The standard InChI is InChI=1S/C48H65NO16S2/c1-13-33(52)61-37-35-26(4)30(60-42(56)36(62-34(53)19-20-67-66-12)29(21-25(2)3)49-43(57)65-44(6,7)8)23-48(58,45(35,9)10)40(63-41(55)28-17-15-14-16-18-28)38-46(11,39(37)54)31(51)22-32-47(38,24-59-32)64-27(5)50/h14-18,21,29-32,36-38,40,51,58H,13,19-20,22-24H2,1-12H3,(H,49,57)/t29-,30-,31-,32+,36+,37+,38-,40-,46+,47-,48+/m0/s1. The van der Waals surface area contributed by atoms with Crippen LogP contribution >= 0.6 is 21.6 Å². The van der Waals surface area contributed by atoms with E-state index in [1.807, 2.05) is 6.26 Å².